The second-order valence-corrected chi connectivity index (χ2v) is 11.3. The minimum absolute atomic E-state index is 0.0489. The zero-order valence-corrected chi connectivity index (χ0v) is 19.7. The van der Waals surface area contributed by atoms with E-state index in [0.29, 0.717) is 50.5 Å². The number of hydrogen-bond donors (Lipinski definition) is 2. The van der Waals surface area contributed by atoms with E-state index < -0.39 is 21.8 Å². The van der Waals surface area contributed by atoms with Gasteiger partial charge in [-0.2, -0.15) is 0 Å². The Labute approximate surface area is 199 Å². The van der Waals surface area contributed by atoms with Gasteiger partial charge in [0.25, 0.3) is 0 Å². The number of ether oxygens (including phenoxy) is 1. The van der Waals surface area contributed by atoms with Gasteiger partial charge in [0, 0.05) is 54.9 Å². The number of carboxylic acids is 1. The molecule has 2 aromatic carbocycles. The van der Waals surface area contributed by atoms with Crippen LogP contribution >= 0.6 is 0 Å². The number of carbonyl (C=O) groups is 1. The van der Waals surface area contributed by atoms with Gasteiger partial charge >= 0.3 is 5.97 Å². The number of piperazine rings is 1. The van der Waals surface area contributed by atoms with Crippen molar-refractivity contribution in [1.29, 1.82) is 0 Å². The Kier molecular flexibility index (Phi) is 6.33. The molecular weight excluding hydrogens is 454 g/mol. The lowest BCUT2D eigenvalue weighted by Gasteiger charge is -2.40. The molecule has 2 N–H and O–H groups in total. The number of aromatic nitrogens is 1. The molecule has 5 rings (SSSR count). The van der Waals surface area contributed by atoms with Gasteiger partial charge < -0.3 is 14.8 Å². The molecule has 0 spiro atoms. The van der Waals surface area contributed by atoms with Gasteiger partial charge in [0.1, 0.15) is 18.4 Å². The molecule has 0 radical (unpaired) electrons. The highest BCUT2D eigenvalue weighted by Gasteiger charge is 2.37. The van der Waals surface area contributed by atoms with Crippen molar-refractivity contribution in [2.45, 2.75) is 25.1 Å². The molecule has 2 fully saturated rings. The average Bonchev–Trinajstić information content (AvgIpc) is 3.41. The van der Waals surface area contributed by atoms with Crippen molar-refractivity contribution in [2.24, 2.45) is 0 Å². The Morgan fingerprint density at radius 3 is 2.56 bits per heavy atom. The predicted molar refractivity (Wildman–Crippen MR) is 130 cm³/mol. The van der Waals surface area contributed by atoms with Crippen LogP contribution in [0.1, 0.15) is 23.6 Å². The Hall–Kier alpha value is -2.88. The first kappa shape index (κ1) is 22.9. The summed E-state index contributed by atoms with van der Waals surface area (Å²) in [7, 11) is -2.94. The van der Waals surface area contributed by atoms with Gasteiger partial charge in [-0.3, -0.25) is 14.6 Å². The van der Waals surface area contributed by atoms with Crippen molar-refractivity contribution in [3.05, 3.63) is 65.9 Å². The van der Waals surface area contributed by atoms with Crippen LogP contribution in [0.4, 0.5) is 0 Å². The molecule has 2 aliphatic rings. The quantitative estimate of drug-likeness (QED) is 0.533. The highest BCUT2D eigenvalue weighted by atomic mass is 32.2. The number of nitrogens with one attached hydrogen (secondary N) is 1. The fourth-order valence-electron chi connectivity index (χ4n) is 5.09. The van der Waals surface area contributed by atoms with Gasteiger partial charge in [-0.1, -0.05) is 30.3 Å². The van der Waals surface area contributed by atoms with Crippen molar-refractivity contribution in [1.82, 2.24) is 14.8 Å². The van der Waals surface area contributed by atoms with Gasteiger partial charge in [-0.05, 0) is 30.2 Å². The molecular formula is C25H29N3O5S. The Balaban J connectivity index is 1.32. The van der Waals surface area contributed by atoms with Crippen LogP contribution in [0.3, 0.4) is 0 Å². The molecule has 3 aromatic rings. The summed E-state index contributed by atoms with van der Waals surface area (Å²) in [6.45, 7) is 2.91. The lowest BCUT2D eigenvalue weighted by atomic mass is 10.0. The van der Waals surface area contributed by atoms with Crippen LogP contribution in [-0.2, 0) is 21.2 Å². The summed E-state index contributed by atoms with van der Waals surface area (Å²) in [5, 5.41) is 11.0. The molecule has 0 bridgehead atoms. The summed E-state index contributed by atoms with van der Waals surface area (Å²) in [5.74, 6) is 0.255. The summed E-state index contributed by atoms with van der Waals surface area (Å²) in [5.41, 5.74) is 2.64. The molecule has 2 saturated heterocycles. The fourth-order valence-corrected chi connectivity index (χ4v) is 6.85. The maximum absolute atomic E-state index is 12.4. The highest BCUT2D eigenvalue weighted by molar-refractivity contribution is 7.91. The van der Waals surface area contributed by atoms with Crippen molar-refractivity contribution in [3.63, 3.8) is 0 Å². The molecule has 2 atom stereocenters. The molecule has 1 aromatic heterocycles. The Bertz CT molecular complexity index is 1270. The van der Waals surface area contributed by atoms with E-state index in [2.05, 4.69) is 9.88 Å². The van der Waals surface area contributed by atoms with E-state index in [1.54, 1.807) is 6.20 Å². The number of sulfone groups is 1. The lowest BCUT2D eigenvalue weighted by molar-refractivity contribution is -0.144. The number of aliphatic carboxylic acids is 1. The first-order chi connectivity index (χ1) is 16.4. The molecule has 0 unspecified atom stereocenters. The SMILES string of the molecule is O=C(O)[C@H](c1c[nH]c2ccc(OCc3ccccc3)cc12)N1CCN([C@H]2CCS(=O)(=O)C2)CC1. The topological polar surface area (TPSA) is 103 Å². The van der Waals surface area contributed by atoms with Crippen LogP contribution < -0.4 is 4.74 Å². The van der Waals surface area contributed by atoms with Crippen LogP contribution in [0.25, 0.3) is 10.9 Å². The zero-order valence-electron chi connectivity index (χ0n) is 18.9. The first-order valence-electron chi connectivity index (χ1n) is 11.6. The third-order valence-corrected chi connectivity index (χ3v) is 8.65. The van der Waals surface area contributed by atoms with Crippen LogP contribution in [0.2, 0.25) is 0 Å². The smallest absolute Gasteiger partial charge is 0.325 e. The van der Waals surface area contributed by atoms with Gasteiger partial charge in [0.15, 0.2) is 9.84 Å². The number of H-pyrrole nitrogens is 1. The molecule has 0 aliphatic carbocycles. The monoisotopic (exact) mass is 483 g/mol. The van der Waals surface area contributed by atoms with Crippen LogP contribution in [-0.4, -0.2) is 78.0 Å². The summed E-state index contributed by atoms with van der Waals surface area (Å²) < 4.78 is 29.7. The van der Waals surface area contributed by atoms with E-state index in [-0.39, 0.29) is 17.5 Å². The average molecular weight is 484 g/mol. The number of benzene rings is 2. The largest absolute Gasteiger partial charge is 0.489 e. The third-order valence-electron chi connectivity index (χ3n) is 6.90. The number of carboxylic acid groups (broad SMARTS) is 1. The van der Waals surface area contributed by atoms with Crippen LogP contribution in [0.5, 0.6) is 5.75 Å². The van der Waals surface area contributed by atoms with E-state index in [1.165, 1.54) is 0 Å². The number of nitrogens with zero attached hydrogens (tertiary/aromatic N) is 2. The molecule has 3 heterocycles. The zero-order chi connectivity index (χ0) is 23.7. The van der Waals surface area contributed by atoms with E-state index in [4.69, 9.17) is 4.74 Å². The second kappa shape index (κ2) is 9.40. The van der Waals surface area contributed by atoms with Gasteiger partial charge in [-0.15, -0.1) is 0 Å². The predicted octanol–water partition coefficient (Wildman–Crippen LogP) is 2.68. The van der Waals surface area contributed by atoms with Crippen molar-refractivity contribution >= 4 is 26.7 Å². The maximum atomic E-state index is 12.4. The molecule has 34 heavy (non-hydrogen) atoms. The first-order valence-corrected chi connectivity index (χ1v) is 13.4. The Morgan fingerprint density at radius 2 is 1.88 bits per heavy atom. The number of hydrogen-bond acceptors (Lipinski definition) is 6. The van der Waals surface area contributed by atoms with E-state index in [0.717, 1.165) is 16.5 Å². The fraction of sp³-hybridized carbons (Fsp3) is 0.400. The van der Waals surface area contributed by atoms with E-state index in [9.17, 15) is 18.3 Å². The van der Waals surface area contributed by atoms with E-state index in [1.807, 2.05) is 53.4 Å². The minimum Gasteiger partial charge on any atom is -0.489 e. The van der Waals surface area contributed by atoms with E-state index >= 15 is 0 Å². The third kappa shape index (κ3) is 4.82. The molecule has 0 saturated carbocycles. The van der Waals surface area contributed by atoms with Crippen molar-refractivity contribution < 1.29 is 23.1 Å². The van der Waals surface area contributed by atoms with Gasteiger partial charge in [-0.25, -0.2) is 8.42 Å². The molecule has 2 aliphatic heterocycles. The second-order valence-electron chi connectivity index (χ2n) is 9.10. The van der Waals surface area contributed by atoms with Gasteiger partial charge in [0.05, 0.1) is 11.5 Å². The summed E-state index contributed by atoms with van der Waals surface area (Å²) in [6, 6.07) is 14.9. The molecule has 180 valence electrons. The lowest BCUT2D eigenvalue weighted by Crippen LogP contribution is -2.52. The van der Waals surface area contributed by atoms with Crippen LogP contribution in [0.15, 0.2) is 54.7 Å². The molecule has 0 amide bonds. The normalized spacial score (nSPS) is 22.1. The van der Waals surface area contributed by atoms with Crippen LogP contribution in [0, 0.1) is 0 Å². The summed E-state index contributed by atoms with van der Waals surface area (Å²) in [6.07, 6.45) is 2.44. The number of rotatable bonds is 7. The van der Waals surface area contributed by atoms with Crippen molar-refractivity contribution in [2.75, 3.05) is 37.7 Å². The number of fused-ring (bicyclic) bond motifs is 1. The minimum atomic E-state index is -2.94. The molecule has 9 heteroatoms. The summed E-state index contributed by atoms with van der Waals surface area (Å²) >= 11 is 0. The van der Waals surface area contributed by atoms with Crippen molar-refractivity contribution in [3.8, 4) is 5.75 Å². The summed E-state index contributed by atoms with van der Waals surface area (Å²) in [4.78, 5) is 19.8. The molecule has 8 nitrogen and oxygen atoms in total. The van der Waals surface area contributed by atoms with Gasteiger partial charge in [0.2, 0.25) is 0 Å². The Morgan fingerprint density at radius 1 is 1.12 bits per heavy atom. The maximum Gasteiger partial charge on any atom is 0.325 e. The highest BCUT2D eigenvalue weighted by Crippen LogP contribution is 2.32. The number of aromatic amines is 1. The standard InChI is InChI=1S/C25H29N3O5S/c29-25(30)24(28-11-9-27(10-12-28)19-8-13-34(31,32)17-19)22-15-26-23-7-6-20(14-21(22)23)33-16-18-4-2-1-3-5-18/h1-7,14-15,19,24,26H,8-13,16-17H2,(H,29,30)/t19-,24-/m0/s1.